The van der Waals surface area contributed by atoms with E-state index in [2.05, 4.69) is 15.6 Å². The highest BCUT2D eigenvalue weighted by Gasteiger charge is 2.06. The summed E-state index contributed by atoms with van der Waals surface area (Å²) in [4.78, 5) is 4.33. The van der Waals surface area contributed by atoms with Gasteiger partial charge in [0.15, 0.2) is 0 Å². The molecule has 1 aromatic heterocycles. The number of nitrogens with one attached hydrogen (secondary N) is 2. The number of pyridine rings is 1. The number of rotatable bonds is 5. The predicted molar refractivity (Wildman–Crippen MR) is 63.2 cm³/mol. The molecule has 0 aliphatic heterocycles. The van der Waals surface area contributed by atoms with Crippen molar-refractivity contribution in [3.8, 4) is 0 Å². The summed E-state index contributed by atoms with van der Waals surface area (Å²) in [5, 5.41) is 15.4. The summed E-state index contributed by atoms with van der Waals surface area (Å²) in [5.74, 6) is 1.67. The van der Waals surface area contributed by atoms with E-state index in [1.54, 1.807) is 6.92 Å². The Morgan fingerprint density at radius 3 is 2.60 bits per heavy atom. The molecule has 0 aliphatic carbocycles. The molecule has 0 radical (unpaired) electrons. The molecule has 0 spiro atoms. The monoisotopic (exact) mass is 209 g/mol. The Morgan fingerprint density at radius 1 is 1.33 bits per heavy atom. The van der Waals surface area contributed by atoms with Crippen molar-refractivity contribution < 1.29 is 5.11 Å². The normalized spacial score (nSPS) is 14.4. The molecule has 1 rings (SSSR count). The van der Waals surface area contributed by atoms with Gasteiger partial charge < -0.3 is 15.7 Å². The van der Waals surface area contributed by atoms with E-state index >= 15 is 0 Å². The van der Waals surface area contributed by atoms with Crippen LogP contribution in [0.3, 0.4) is 0 Å². The average molecular weight is 209 g/mol. The van der Waals surface area contributed by atoms with Crippen LogP contribution < -0.4 is 10.6 Å². The molecule has 15 heavy (non-hydrogen) atoms. The molecule has 4 nitrogen and oxygen atoms in total. The van der Waals surface area contributed by atoms with Crippen LogP contribution in [-0.2, 0) is 0 Å². The predicted octanol–water partition coefficient (Wildman–Crippen LogP) is 1.69. The van der Waals surface area contributed by atoms with Crippen molar-refractivity contribution in [2.45, 2.75) is 32.4 Å². The molecule has 1 aromatic rings. The van der Waals surface area contributed by atoms with Crippen molar-refractivity contribution in [3.63, 3.8) is 0 Å². The number of anilines is 2. The summed E-state index contributed by atoms with van der Waals surface area (Å²) in [7, 11) is 1.84. The van der Waals surface area contributed by atoms with Crippen LogP contribution in [-0.4, -0.2) is 29.3 Å². The third-order valence-corrected chi connectivity index (χ3v) is 2.09. The van der Waals surface area contributed by atoms with E-state index in [4.69, 9.17) is 0 Å². The molecule has 4 heteroatoms. The van der Waals surface area contributed by atoms with E-state index in [0.29, 0.717) is 6.42 Å². The summed E-state index contributed by atoms with van der Waals surface area (Å²) in [6.45, 7) is 3.82. The van der Waals surface area contributed by atoms with Crippen molar-refractivity contribution in [2.75, 3.05) is 17.7 Å². The molecule has 3 N–H and O–H groups in total. The molecular formula is C11H19N3O. The molecule has 1 heterocycles. The van der Waals surface area contributed by atoms with Crippen molar-refractivity contribution >= 4 is 11.6 Å². The van der Waals surface area contributed by atoms with Gasteiger partial charge in [0.2, 0.25) is 0 Å². The number of aliphatic hydroxyl groups is 1. The minimum absolute atomic E-state index is 0.213. The van der Waals surface area contributed by atoms with Gasteiger partial charge in [0.25, 0.3) is 0 Å². The molecule has 0 amide bonds. The van der Waals surface area contributed by atoms with Crippen LogP contribution in [0.4, 0.5) is 11.6 Å². The van der Waals surface area contributed by atoms with Gasteiger partial charge in [-0.05, 0) is 32.4 Å². The third-order valence-electron chi connectivity index (χ3n) is 2.09. The lowest BCUT2D eigenvalue weighted by molar-refractivity contribution is 0.179. The Labute approximate surface area is 90.7 Å². The highest BCUT2D eigenvalue weighted by molar-refractivity contribution is 5.45. The summed E-state index contributed by atoms with van der Waals surface area (Å²) in [6, 6.07) is 5.98. The smallest absolute Gasteiger partial charge is 0.128 e. The van der Waals surface area contributed by atoms with Crippen molar-refractivity contribution in [3.05, 3.63) is 18.2 Å². The quantitative estimate of drug-likeness (QED) is 0.691. The minimum atomic E-state index is -0.292. The Balaban J connectivity index is 2.55. The summed E-state index contributed by atoms with van der Waals surface area (Å²) in [5.41, 5.74) is 0. The highest BCUT2D eigenvalue weighted by Crippen LogP contribution is 2.11. The fraction of sp³-hybridized carbons (Fsp3) is 0.545. The standard InChI is InChI=1S/C11H19N3O/c1-8(7-9(2)15)13-11-6-4-5-10(12-3)14-11/h4-6,8-9,15H,7H2,1-3H3,(H2,12,13,14). The van der Waals surface area contributed by atoms with Gasteiger partial charge >= 0.3 is 0 Å². The fourth-order valence-electron chi connectivity index (χ4n) is 1.48. The van der Waals surface area contributed by atoms with Crippen molar-refractivity contribution in [2.24, 2.45) is 0 Å². The molecule has 2 atom stereocenters. The van der Waals surface area contributed by atoms with Crippen LogP contribution in [0, 0.1) is 0 Å². The number of nitrogens with zero attached hydrogens (tertiary/aromatic N) is 1. The van der Waals surface area contributed by atoms with E-state index in [9.17, 15) is 5.11 Å². The molecule has 84 valence electrons. The first-order chi connectivity index (χ1) is 7.11. The first-order valence-electron chi connectivity index (χ1n) is 5.21. The van der Waals surface area contributed by atoms with E-state index in [0.717, 1.165) is 11.6 Å². The van der Waals surface area contributed by atoms with Crippen LogP contribution >= 0.6 is 0 Å². The highest BCUT2D eigenvalue weighted by atomic mass is 16.3. The summed E-state index contributed by atoms with van der Waals surface area (Å²) in [6.07, 6.45) is 0.422. The third kappa shape index (κ3) is 4.16. The molecule has 0 bridgehead atoms. The second kappa shape index (κ2) is 5.56. The van der Waals surface area contributed by atoms with Gasteiger partial charge in [0, 0.05) is 13.1 Å². The van der Waals surface area contributed by atoms with E-state index < -0.39 is 0 Å². The molecular weight excluding hydrogens is 190 g/mol. The van der Waals surface area contributed by atoms with Gasteiger partial charge in [-0.3, -0.25) is 0 Å². The first kappa shape index (κ1) is 11.8. The van der Waals surface area contributed by atoms with E-state index in [-0.39, 0.29) is 12.1 Å². The zero-order valence-corrected chi connectivity index (χ0v) is 9.49. The second-order valence-electron chi connectivity index (χ2n) is 3.79. The lowest BCUT2D eigenvalue weighted by Gasteiger charge is -2.16. The number of aliphatic hydroxyl groups excluding tert-OH is 1. The van der Waals surface area contributed by atoms with Gasteiger partial charge in [-0.25, -0.2) is 4.98 Å². The van der Waals surface area contributed by atoms with Crippen LogP contribution in [0.25, 0.3) is 0 Å². The summed E-state index contributed by atoms with van der Waals surface area (Å²) < 4.78 is 0. The average Bonchev–Trinajstić information content (AvgIpc) is 2.16. The van der Waals surface area contributed by atoms with E-state index in [1.165, 1.54) is 0 Å². The fourth-order valence-corrected chi connectivity index (χ4v) is 1.48. The maximum atomic E-state index is 9.23. The SMILES string of the molecule is CNc1cccc(NC(C)CC(C)O)n1. The molecule has 0 saturated carbocycles. The van der Waals surface area contributed by atoms with Crippen LogP contribution in [0.2, 0.25) is 0 Å². The topological polar surface area (TPSA) is 57.2 Å². The van der Waals surface area contributed by atoms with Crippen LogP contribution in [0.5, 0.6) is 0 Å². The molecule has 0 aromatic carbocycles. The van der Waals surface area contributed by atoms with Gasteiger partial charge in [-0.15, -0.1) is 0 Å². The lowest BCUT2D eigenvalue weighted by atomic mass is 10.1. The zero-order valence-electron chi connectivity index (χ0n) is 9.49. The van der Waals surface area contributed by atoms with Crippen molar-refractivity contribution in [1.29, 1.82) is 0 Å². The Bertz CT molecular complexity index is 302. The molecule has 0 aliphatic rings. The molecule has 0 saturated heterocycles. The number of hydrogen-bond donors (Lipinski definition) is 3. The Hall–Kier alpha value is -1.29. The second-order valence-corrected chi connectivity index (χ2v) is 3.79. The van der Waals surface area contributed by atoms with Gasteiger partial charge in [0.05, 0.1) is 6.10 Å². The number of hydrogen-bond acceptors (Lipinski definition) is 4. The van der Waals surface area contributed by atoms with E-state index in [1.807, 2.05) is 32.2 Å². The largest absolute Gasteiger partial charge is 0.393 e. The maximum Gasteiger partial charge on any atom is 0.128 e. The first-order valence-corrected chi connectivity index (χ1v) is 5.21. The van der Waals surface area contributed by atoms with Crippen molar-refractivity contribution in [1.82, 2.24) is 4.98 Å². The van der Waals surface area contributed by atoms with Gasteiger partial charge in [-0.2, -0.15) is 0 Å². The summed E-state index contributed by atoms with van der Waals surface area (Å²) >= 11 is 0. The Kier molecular flexibility index (Phi) is 4.37. The minimum Gasteiger partial charge on any atom is -0.393 e. The van der Waals surface area contributed by atoms with Gasteiger partial charge in [-0.1, -0.05) is 6.07 Å². The van der Waals surface area contributed by atoms with Crippen LogP contribution in [0.15, 0.2) is 18.2 Å². The number of aromatic nitrogens is 1. The molecule has 0 fully saturated rings. The zero-order chi connectivity index (χ0) is 11.3. The Morgan fingerprint density at radius 2 is 2.00 bits per heavy atom. The maximum absolute atomic E-state index is 9.23. The molecule has 2 unspecified atom stereocenters. The lowest BCUT2D eigenvalue weighted by Crippen LogP contribution is -2.21. The van der Waals surface area contributed by atoms with Crippen LogP contribution in [0.1, 0.15) is 20.3 Å². The van der Waals surface area contributed by atoms with Gasteiger partial charge in [0.1, 0.15) is 11.6 Å².